The molecule has 3 heterocycles. The Kier molecular flexibility index (Phi) is 12.9. The first-order valence-electron chi connectivity index (χ1n) is 16.5. The Bertz CT molecular complexity index is 1200. The van der Waals surface area contributed by atoms with E-state index in [4.69, 9.17) is 28.4 Å². The van der Waals surface area contributed by atoms with Crippen molar-refractivity contribution in [3.05, 3.63) is 59.2 Å². The Morgan fingerprint density at radius 2 is 1.71 bits per heavy atom. The molecule has 0 aromatic heterocycles. The van der Waals surface area contributed by atoms with Crippen molar-refractivity contribution in [1.29, 1.82) is 0 Å². The predicted octanol–water partition coefficient (Wildman–Crippen LogP) is 3.75. The second kappa shape index (κ2) is 17.3. The van der Waals surface area contributed by atoms with E-state index >= 15 is 0 Å². The van der Waals surface area contributed by atoms with Gasteiger partial charge in [-0.15, -0.1) is 0 Å². The number of carbonyl (C=O) groups excluding carboxylic acids is 1. The van der Waals surface area contributed by atoms with E-state index in [9.17, 15) is 4.79 Å². The summed E-state index contributed by atoms with van der Waals surface area (Å²) in [6.07, 6.45) is 2.72. The minimum Gasteiger partial charge on any atom is -0.490 e. The Labute approximate surface area is 268 Å². The molecule has 0 unspecified atom stereocenters. The highest BCUT2D eigenvalue weighted by Crippen LogP contribution is 2.35. The summed E-state index contributed by atoms with van der Waals surface area (Å²) in [6.45, 7) is 9.68. The van der Waals surface area contributed by atoms with Crippen LogP contribution in [-0.4, -0.2) is 109 Å². The van der Waals surface area contributed by atoms with Crippen molar-refractivity contribution < 1.29 is 33.2 Å². The molecule has 0 saturated carbocycles. The van der Waals surface area contributed by atoms with Gasteiger partial charge in [0.2, 0.25) is 5.91 Å². The summed E-state index contributed by atoms with van der Waals surface area (Å²) in [7, 11) is 3.41. The predicted molar refractivity (Wildman–Crippen MR) is 173 cm³/mol. The van der Waals surface area contributed by atoms with Crippen LogP contribution in [0, 0.1) is 0 Å². The van der Waals surface area contributed by atoms with Crippen LogP contribution >= 0.6 is 0 Å². The van der Waals surface area contributed by atoms with Crippen LogP contribution in [0.25, 0.3) is 0 Å². The van der Waals surface area contributed by atoms with Gasteiger partial charge >= 0.3 is 0 Å². The Morgan fingerprint density at radius 3 is 2.47 bits per heavy atom. The molecule has 0 radical (unpaired) electrons. The van der Waals surface area contributed by atoms with E-state index in [1.54, 1.807) is 14.2 Å². The van der Waals surface area contributed by atoms with E-state index in [-0.39, 0.29) is 36.7 Å². The smallest absolute Gasteiger partial charge is 0.248 e. The lowest BCUT2D eigenvalue weighted by Gasteiger charge is -2.39. The van der Waals surface area contributed by atoms with Gasteiger partial charge in [-0.3, -0.25) is 4.79 Å². The first-order valence-corrected chi connectivity index (χ1v) is 16.5. The normalized spacial score (nSPS) is 23.2. The Hall–Kier alpha value is -2.73. The highest BCUT2D eigenvalue weighted by atomic mass is 16.5. The van der Waals surface area contributed by atoms with Crippen LogP contribution in [0.4, 0.5) is 5.69 Å². The lowest BCUT2D eigenvalue weighted by atomic mass is 9.85. The number of hydrogen-bond acceptors (Lipinski definition) is 9. The number of nitrogens with zero attached hydrogens (tertiary/aromatic N) is 2. The van der Waals surface area contributed by atoms with Crippen LogP contribution in [0.3, 0.4) is 0 Å². The van der Waals surface area contributed by atoms with Gasteiger partial charge in [-0.25, -0.2) is 0 Å². The molecule has 2 aromatic carbocycles. The summed E-state index contributed by atoms with van der Waals surface area (Å²) in [5.41, 5.74) is 4.44. The van der Waals surface area contributed by atoms with Crippen molar-refractivity contribution in [3.8, 4) is 5.75 Å². The number of benzene rings is 2. The highest BCUT2D eigenvalue weighted by Gasteiger charge is 2.37. The van der Waals surface area contributed by atoms with Gasteiger partial charge in [0.15, 0.2) is 0 Å². The molecule has 2 saturated heterocycles. The second-order valence-corrected chi connectivity index (χ2v) is 12.2. The molecule has 3 aliphatic rings. The molecule has 248 valence electrons. The lowest BCUT2D eigenvalue weighted by Crippen LogP contribution is -2.51. The zero-order chi connectivity index (χ0) is 31.4. The highest BCUT2D eigenvalue weighted by molar-refractivity contribution is 5.78. The van der Waals surface area contributed by atoms with E-state index in [1.807, 2.05) is 4.90 Å². The summed E-state index contributed by atoms with van der Waals surface area (Å²) in [5, 5.41) is 3.51. The van der Waals surface area contributed by atoms with Crippen LogP contribution in [0.1, 0.15) is 48.8 Å². The van der Waals surface area contributed by atoms with Gasteiger partial charge in [0.25, 0.3) is 0 Å². The fraction of sp³-hybridized carbons (Fsp3) is 0.629. The minimum atomic E-state index is -0.206. The summed E-state index contributed by atoms with van der Waals surface area (Å²) in [4.78, 5) is 17.4. The molecule has 10 heteroatoms. The van der Waals surface area contributed by atoms with Crippen molar-refractivity contribution in [1.82, 2.24) is 10.2 Å². The fourth-order valence-electron chi connectivity index (χ4n) is 6.59. The summed E-state index contributed by atoms with van der Waals surface area (Å²) >= 11 is 0. The number of likely N-dealkylation sites (tertiary alicyclic amines) is 1. The van der Waals surface area contributed by atoms with E-state index in [2.05, 4.69) is 59.6 Å². The number of carbonyl (C=O) groups is 1. The van der Waals surface area contributed by atoms with Gasteiger partial charge in [-0.1, -0.05) is 30.3 Å². The maximum absolute atomic E-state index is 13.1. The first-order chi connectivity index (χ1) is 22.1. The zero-order valence-corrected chi connectivity index (χ0v) is 27.2. The molecule has 2 aromatic rings. The number of piperidine rings is 1. The van der Waals surface area contributed by atoms with E-state index in [0.29, 0.717) is 46.1 Å². The molecule has 2 fully saturated rings. The van der Waals surface area contributed by atoms with E-state index in [1.165, 1.54) is 0 Å². The molecule has 0 aliphatic carbocycles. The maximum atomic E-state index is 13.1. The molecule has 0 bridgehead atoms. The molecular weight excluding hydrogens is 574 g/mol. The molecule has 3 aliphatic heterocycles. The van der Waals surface area contributed by atoms with Crippen LogP contribution in [0.2, 0.25) is 0 Å². The molecule has 1 amide bonds. The topological polar surface area (TPSA) is 91.0 Å². The fourth-order valence-corrected chi connectivity index (χ4v) is 6.59. The van der Waals surface area contributed by atoms with Crippen molar-refractivity contribution in [3.63, 3.8) is 0 Å². The Morgan fingerprint density at radius 1 is 0.933 bits per heavy atom. The standard InChI is InChI=1S/C35H51N3O7/c1-26-6-4-14-38(26)34(39)25-45-33-22-36-21-32(35(33)29-10-7-27(8-11-29)23-42-19-18-41-3)44-24-28-9-12-31-30(20-28)37(15-17-43-31)13-5-16-40-2/h7-12,20,26,32-33,35-36H,4-6,13-19,21-25H2,1-3H3/t26-,32+,33-,35-/m1/s1. The van der Waals surface area contributed by atoms with Gasteiger partial charge in [-0.05, 0) is 55.0 Å². The van der Waals surface area contributed by atoms with Gasteiger partial charge in [0.05, 0.1) is 50.9 Å². The van der Waals surface area contributed by atoms with Crippen molar-refractivity contribution in [2.45, 2.75) is 63.6 Å². The summed E-state index contributed by atoms with van der Waals surface area (Å²) < 4.78 is 35.1. The molecular formula is C35H51N3O7. The quantitative estimate of drug-likeness (QED) is 0.280. The number of methoxy groups -OCH3 is 2. The third-order valence-corrected chi connectivity index (χ3v) is 9.07. The van der Waals surface area contributed by atoms with Crippen molar-refractivity contribution in [2.24, 2.45) is 0 Å². The molecule has 45 heavy (non-hydrogen) atoms. The van der Waals surface area contributed by atoms with Gasteiger partial charge < -0.3 is 43.5 Å². The number of fused-ring (bicyclic) bond motifs is 1. The van der Waals surface area contributed by atoms with E-state index in [0.717, 1.165) is 73.6 Å². The van der Waals surface area contributed by atoms with Crippen LogP contribution in [0.5, 0.6) is 5.75 Å². The molecule has 0 spiro atoms. The minimum absolute atomic E-state index is 0.0370. The van der Waals surface area contributed by atoms with Gasteiger partial charge in [0.1, 0.15) is 19.0 Å². The number of ether oxygens (including phenoxy) is 6. The molecule has 5 rings (SSSR count). The average Bonchev–Trinajstić information content (AvgIpc) is 3.51. The van der Waals surface area contributed by atoms with Crippen LogP contribution in [-0.2, 0) is 41.7 Å². The number of amides is 1. The lowest BCUT2D eigenvalue weighted by molar-refractivity contribution is -0.141. The largest absolute Gasteiger partial charge is 0.490 e. The van der Waals surface area contributed by atoms with Crippen molar-refractivity contribution in [2.75, 3.05) is 84.9 Å². The van der Waals surface area contributed by atoms with Crippen molar-refractivity contribution >= 4 is 11.6 Å². The van der Waals surface area contributed by atoms with Crippen LogP contribution in [0.15, 0.2) is 42.5 Å². The monoisotopic (exact) mass is 625 g/mol. The second-order valence-electron chi connectivity index (χ2n) is 12.2. The SMILES string of the molecule is COCCCN1CCOc2ccc(CO[C@H]3CNC[C@@H](OCC(=O)N4CCC[C@H]4C)[C@@H]3c3ccc(COCCOC)cc3)cc21. The average molecular weight is 626 g/mol. The first kappa shape index (κ1) is 33.6. The third kappa shape index (κ3) is 9.18. The number of hydrogen-bond donors (Lipinski definition) is 1. The zero-order valence-electron chi connectivity index (χ0n) is 27.2. The maximum Gasteiger partial charge on any atom is 0.248 e. The van der Waals surface area contributed by atoms with Crippen LogP contribution < -0.4 is 15.0 Å². The van der Waals surface area contributed by atoms with E-state index < -0.39 is 0 Å². The number of rotatable bonds is 16. The Balaban J connectivity index is 1.28. The molecule has 10 nitrogen and oxygen atoms in total. The number of nitrogens with one attached hydrogen (secondary N) is 1. The molecule has 4 atom stereocenters. The van der Waals surface area contributed by atoms with Gasteiger partial charge in [-0.2, -0.15) is 0 Å². The third-order valence-electron chi connectivity index (χ3n) is 9.07. The summed E-state index contributed by atoms with van der Waals surface area (Å²) in [6, 6.07) is 15.1. The summed E-state index contributed by atoms with van der Waals surface area (Å²) in [5.74, 6) is 0.943. The van der Waals surface area contributed by atoms with Gasteiger partial charge in [0, 0.05) is 59.0 Å². The molecule has 1 N–H and O–H groups in total. The number of anilines is 1.